The summed E-state index contributed by atoms with van der Waals surface area (Å²) >= 11 is 3.26. The average molecular weight is 190 g/mol. The van der Waals surface area contributed by atoms with E-state index in [2.05, 4.69) is 10.2 Å². The molecule has 0 amide bonds. The molecule has 3 nitrogen and oxygen atoms in total. The number of aromatic nitrogens is 2. The fourth-order valence-electron chi connectivity index (χ4n) is 0.602. The highest BCUT2D eigenvalue weighted by atomic mass is 32.2. The van der Waals surface area contributed by atoms with Gasteiger partial charge in [0.25, 0.3) is 5.19 Å². The first-order valence-corrected chi connectivity index (χ1v) is 5.52. The Morgan fingerprint density at radius 3 is 3.00 bits per heavy atom. The minimum Gasteiger partial charge on any atom is -0.469 e. The van der Waals surface area contributed by atoms with Crippen LogP contribution in [-0.2, 0) is 5.75 Å². The number of thioether (sulfide) groups is 1. The quantitative estimate of drug-likeness (QED) is 0.725. The summed E-state index contributed by atoms with van der Waals surface area (Å²) < 4.78 is 5.17. The topological polar surface area (TPSA) is 35.0 Å². The molecule has 0 saturated carbocycles. The molecule has 0 N–H and O–H groups in total. The molecular weight excluding hydrogens is 180 g/mol. The molecule has 0 aromatic carbocycles. The maximum atomic E-state index is 5.17. The van der Waals surface area contributed by atoms with Gasteiger partial charge in [0.1, 0.15) is 5.01 Å². The predicted molar refractivity (Wildman–Crippen MR) is 48.3 cm³/mol. The van der Waals surface area contributed by atoms with Crippen LogP contribution in [0.4, 0.5) is 0 Å². The zero-order valence-corrected chi connectivity index (χ0v) is 8.17. The van der Waals surface area contributed by atoms with Crippen molar-refractivity contribution in [3.05, 3.63) is 5.01 Å². The molecule has 0 unspecified atom stereocenters. The summed E-state index contributed by atoms with van der Waals surface area (Å²) in [5.41, 5.74) is 0. The van der Waals surface area contributed by atoms with E-state index >= 15 is 0 Å². The second-order valence-corrected chi connectivity index (χ2v) is 3.72. The van der Waals surface area contributed by atoms with Crippen molar-refractivity contribution in [3.8, 4) is 5.19 Å². The van der Waals surface area contributed by atoms with Gasteiger partial charge in [-0.05, 0) is 13.2 Å². The minimum absolute atomic E-state index is 0.661. The number of hydrogen-bond acceptors (Lipinski definition) is 5. The molecule has 0 saturated heterocycles. The van der Waals surface area contributed by atoms with Gasteiger partial charge in [0.2, 0.25) is 0 Å². The molecule has 1 aromatic rings. The van der Waals surface area contributed by atoms with Gasteiger partial charge in [-0.15, -0.1) is 10.2 Å². The summed E-state index contributed by atoms with van der Waals surface area (Å²) in [5.74, 6) is 0.921. The minimum atomic E-state index is 0.661. The van der Waals surface area contributed by atoms with Crippen LogP contribution in [-0.4, -0.2) is 23.1 Å². The van der Waals surface area contributed by atoms with Gasteiger partial charge in [-0.1, -0.05) is 11.3 Å². The lowest BCUT2D eigenvalue weighted by atomic mass is 10.9. The lowest BCUT2D eigenvalue weighted by Gasteiger charge is -1.91. The third kappa shape index (κ3) is 2.67. The van der Waals surface area contributed by atoms with Crippen molar-refractivity contribution in [1.82, 2.24) is 10.2 Å². The Morgan fingerprint density at radius 2 is 2.36 bits per heavy atom. The third-order valence-electron chi connectivity index (χ3n) is 0.984. The number of nitrogens with zero attached hydrogens (tertiary/aromatic N) is 2. The summed E-state index contributed by atoms with van der Waals surface area (Å²) in [6, 6.07) is 0. The van der Waals surface area contributed by atoms with Crippen molar-refractivity contribution in [2.45, 2.75) is 12.7 Å². The first-order chi connectivity index (χ1) is 5.36. The van der Waals surface area contributed by atoms with Crippen molar-refractivity contribution in [1.29, 1.82) is 0 Å². The molecule has 1 aromatic heterocycles. The Kier molecular flexibility index (Phi) is 3.65. The van der Waals surface area contributed by atoms with E-state index in [0.29, 0.717) is 11.8 Å². The van der Waals surface area contributed by atoms with Gasteiger partial charge in [0.15, 0.2) is 0 Å². The molecular formula is C6H10N2OS2. The highest BCUT2D eigenvalue weighted by molar-refractivity contribution is 7.97. The summed E-state index contributed by atoms with van der Waals surface area (Å²) in [6.45, 7) is 2.60. The van der Waals surface area contributed by atoms with Crippen LogP contribution in [0.1, 0.15) is 11.9 Å². The van der Waals surface area contributed by atoms with Crippen LogP contribution in [0.5, 0.6) is 5.19 Å². The largest absolute Gasteiger partial charge is 0.469 e. The molecule has 5 heteroatoms. The Labute approximate surface area is 74.2 Å². The van der Waals surface area contributed by atoms with E-state index < -0.39 is 0 Å². The van der Waals surface area contributed by atoms with Gasteiger partial charge in [0, 0.05) is 5.75 Å². The molecule has 0 radical (unpaired) electrons. The van der Waals surface area contributed by atoms with Crippen LogP contribution in [0.15, 0.2) is 0 Å². The summed E-state index contributed by atoms with van der Waals surface area (Å²) in [5, 5.41) is 9.51. The third-order valence-corrected chi connectivity index (χ3v) is 2.56. The summed E-state index contributed by atoms with van der Waals surface area (Å²) in [7, 11) is 0. The highest BCUT2D eigenvalue weighted by Gasteiger charge is 2.02. The standard InChI is InChI=1S/C6H10N2OS2/c1-3-9-6-8-7-5(11-6)4-10-2/h3-4H2,1-2H3. The van der Waals surface area contributed by atoms with Gasteiger partial charge >= 0.3 is 0 Å². The normalized spacial score (nSPS) is 10.0. The summed E-state index contributed by atoms with van der Waals surface area (Å²) in [4.78, 5) is 0. The second kappa shape index (κ2) is 4.56. The van der Waals surface area contributed by atoms with E-state index in [-0.39, 0.29) is 0 Å². The van der Waals surface area contributed by atoms with Crippen LogP contribution in [0.2, 0.25) is 0 Å². The highest BCUT2D eigenvalue weighted by Crippen LogP contribution is 2.20. The van der Waals surface area contributed by atoms with Crippen LogP contribution >= 0.6 is 23.1 Å². The van der Waals surface area contributed by atoms with Gasteiger partial charge in [0.05, 0.1) is 6.61 Å². The monoisotopic (exact) mass is 190 g/mol. The molecule has 0 aliphatic heterocycles. The molecule has 0 spiro atoms. The average Bonchev–Trinajstić information content (AvgIpc) is 2.38. The van der Waals surface area contributed by atoms with Crippen LogP contribution < -0.4 is 4.74 Å². The zero-order valence-electron chi connectivity index (χ0n) is 6.53. The van der Waals surface area contributed by atoms with Crippen LogP contribution in [0.25, 0.3) is 0 Å². The van der Waals surface area contributed by atoms with Crippen molar-refractivity contribution in [2.24, 2.45) is 0 Å². The smallest absolute Gasteiger partial charge is 0.294 e. The molecule has 0 bridgehead atoms. The maximum absolute atomic E-state index is 5.17. The van der Waals surface area contributed by atoms with Gasteiger partial charge < -0.3 is 4.74 Å². The van der Waals surface area contributed by atoms with E-state index in [1.807, 2.05) is 13.2 Å². The fourth-order valence-corrected chi connectivity index (χ4v) is 2.04. The van der Waals surface area contributed by atoms with Crippen molar-refractivity contribution in [2.75, 3.05) is 12.9 Å². The first kappa shape index (κ1) is 8.80. The molecule has 1 rings (SSSR count). The number of ether oxygens (including phenoxy) is 1. The molecule has 0 aliphatic carbocycles. The van der Waals surface area contributed by atoms with E-state index in [9.17, 15) is 0 Å². The molecule has 62 valence electrons. The van der Waals surface area contributed by atoms with Crippen molar-refractivity contribution >= 4 is 23.1 Å². The van der Waals surface area contributed by atoms with E-state index in [1.54, 1.807) is 11.8 Å². The lowest BCUT2D eigenvalue weighted by Crippen LogP contribution is -1.89. The summed E-state index contributed by atoms with van der Waals surface area (Å²) in [6.07, 6.45) is 2.04. The van der Waals surface area contributed by atoms with E-state index in [0.717, 1.165) is 10.8 Å². The molecule has 0 fully saturated rings. The number of hydrogen-bond donors (Lipinski definition) is 0. The van der Waals surface area contributed by atoms with Crippen molar-refractivity contribution < 1.29 is 4.74 Å². The van der Waals surface area contributed by atoms with Gasteiger partial charge in [-0.25, -0.2) is 0 Å². The maximum Gasteiger partial charge on any atom is 0.294 e. The second-order valence-electron chi connectivity index (χ2n) is 1.83. The lowest BCUT2D eigenvalue weighted by molar-refractivity contribution is 0.335. The van der Waals surface area contributed by atoms with Crippen LogP contribution in [0.3, 0.4) is 0 Å². The van der Waals surface area contributed by atoms with Gasteiger partial charge in [-0.3, -0.25) is 0 Å². The SMILES string of the molecule is CCOc1nnc(CSC)s1. The first-order valence-electron chi connectivity index (χ1n) is 3.31. The molecule has 0 aliphatic rings. The van der Waals surface area contributed by atoms with E-state index in [4.69, 9.17) is 4.74 Å². The molecule has 1 heterocycles. The van der Waals surface area contributed by atoms with Crippen molar-refractivity contribution in [3.63, 3.8) is 0 Å². The Bertz CT molecular complexity index is 194. The predicted octanol–water partition coefficient (Wildman–Crippen LogP) is 1.80. The molecule has 0 atom stereocenters. The fraction of sp³-hybridized carbons (Fsp3) is 0.667. The van der Waals surface area contributed by atoms with E-state index in [1.165, 1.54) is 11.3 Å². The zero-order chi connectivity index (χ0) is 8.10. The Morgan fingerprint density at radius 1 is 1.55 bits per heavy atom. The molecule has 11 heavy (non-hydrogen) atoms. The number of rotatable bonds is 4. The Hall–Kier alpha value is -0.290. The Balaban J connectivity index is 2.51. The van der Waals surface area contributed by atoms with Crippen LogP contribution in [0, 0.1) is 0 Å². The van der Waals surface area contributed by atoms with Gasteiger partial charge in [-0.2, -0.15) is 11.8 Å².